The third kappa shape index (κ3) is 5.54. The van der Waals surface area contributed by atoms with Crippen LogP contribution in [0.1, 0.15) is 30.4 Å². The Morgan fingerprint density at radius 1 is 1.06 bits per heavy atom. The summed E-state index contributed by atoms with van der Waals surface area (Å²) < 4.78 is 35.6. The second kappa shape index (κ2) is 12.6. The molecule has 5 aromatic rings. The summed E-state index contributed by atoms with van der Waals surface area (Å²) in [5.74, 6) is 1.54. The predicted molar refractivity (Wildman–Crippen MR) is 186 cm³/mol. The highest BCUT2D eigenvalue weighted by molar-refractivity contribution is 5.97. The molecule has 2 aliphatic heterocycles. The van der Waals surface area contributed by atoms with E-state index < -0.39 is 5.82 Å². The Balaban J connectivity index is 1.28. The van der Waals surface area contributed by atoms with Crippen molar-refractivity contribution in [3.05, 3.63) is 101 Å². The van der Waals surface area contributed by atoms with Crippen LogP contribution in [-0.4, -0.2) is 56.4 Å². The van der Waals surface area contributed by atoms with E-state index in [4.69, 9.17) is 14.2 Å². The van der Waals surface area contributed by atoms with Gasteiger partial charge in [0.15, 0.2) is 34.2 Å². The summed E-state index contributed by atoms with van der Waals surface area (Å²) in [5, 5.41) is 8.89. The second-order valence-electron chi connectivity index (χ2n) is 12.3. The van der Waals surface area contributed by atoms with Crippen LogP contribution in [-0.2, 0) is 6.42 Å². The van der Waals surface area contributed by atoms with Crippen molar-refractivity contribution in [3.63, 3.8) is 0 Å². The van der Waals surface area contributed by atoms with Crippen LogP contribution in [0.3, 0.4) is 0 Å². The summed E-state index contributed by atoms with van der Waals surface area (Å²) in [5.41, 5.74) is 3.00. The average Bonchev–Trinajstić information content (AvgIpc) is 3.49. The van der Waals surface area contributed by atoms with Crippen molar-refractivity contribution < 1.29 is 18.6 Å². The number of nitrogens with one attached hydrogen (secondary N) is 2. The fourth-order valence-electron chi connectivity index (χ4n) is 6.98. The van der Waals surface area contributed by atoms with Crippen LogP contribution in [0.25, 0.3) is 33.1 Å². The first-order valence-electron chi connectivity index (χ1n) is 16.1. The van der Waals surface area contributed by atoms with Gasteiger partial charge in [0.05, 0.1) is 30.9 Å². The molecule has 0 saturated carbocycles. The van der Waals surface area contributed by atoms with Gasteiger partial charge in [0.1, 0.15) is 11.2 Å². The van der Waals surface area contributed by atoms with Crippen LogP contribution in [0.15, 0.2) is 78.2 Å². The monoisotopic (exact) mass is 634 g/mol. The number of fused-ring (bicyclic) bond motifs is 3. The number of para-hydroxylation sites is 1. The van der Waals surface area contributed by atoms with E-state index >= 15 is 4.39 Å². The molecule has 9 heteroatoms. The molecule has 2 N–H and O–H groups in total. The van der Waals surface area contributed by atoms with Crippen molar-refractivity contribution in [1.82, 2.24) is 14.8 Å². The van der Waals surface area contributed by atoms with Crippen LogP contribution in [0, 0.1) is 5.82 Å². The number of halogens is 1. The van der Waals surface area contributed by atoms with Crippen LogP contribution < -0.4 is 30.3 Å². The Bertz CT molecular complexity index is 2070. The zero-order valence-corrected chi connectivity index (χ0v) is 27.0. The molecule has 1 aromatic heterocycles. The molecule has 1 unspecified atom stereocenters. The Labute approximate surface area is 273 Å². The van der Waals surface area contributed by atoms with E-state index in [1.807, 2.05) is 65.4 Å². The largest absolute Gasteiger partial charge is 0.493 e. The van der Waals surface area contributed by atoms with Gasteiger partial charge in [-0.15, -0.1) is 0 Å². The third-order valence-corrected chi connectivity index (χ3v) is 9.49. The molecular formula is C38H39FN4O4. The van der Waals surface area contributed by atoms with Crippen molar-refractivity contribution in [2.45, 2.75) is 31.7 Å². The molecule has 7 rings (SSSR count). The Kier molecular flexibility index (Phi) is 8.24. The molecule has 0 amide bonds. The highest BCUT2D eigenvalue weighted by atomic mass is 19.1. The maximum absolute atomic E-state index is 16.1. The summed E-state index contributed by atoms with van der Waals surface area (Å²) in [7, 11) is 5.35. The summed E-state index contributed by atoms with van der Waals surface area (Å²) in [4.78, 5) is 16.4. The van der Waals surface area contributed by atoms with Gasteiger partial charge in [-0.2, -0.15) is 0 Å². The van der Waals surface area contributed by atoms with E-state index in [0.29, 0.717) is 59.6 Å². The van der Waals surface area contributed by atoms with E-state index in [-0.39, 0.29) is 22.3 Å². The lowest BCUT2D eigenvalue weighted by Gasteiger charge is -2.27. The Morgan fingerprint density at radius 3 is 2.62 bits per heavy atom. The van der Waals surface area contributed by atoms with Crippen LogP contribution in [0.2, 0.25) is 0 Å². The molecule has 0 bridgehead atoms. The summed E-state index contributed by atoms with van der Waals surface area (Å²) >= 11 is 0. The fraction of sp³-hybridized carbons (Fsp3) is 0.289. The number of rotatable bonds is 11. The molecule has 8 nitrogen and oxygen atoms in total. The maximum atomic E-state index is 16.1. The molecule has 2 aliphatic rings. The number of pyridine rings is 1. The number of likely N-dealkylation sites (tertiary alicyclic amines) is 1. The van der Waals surface area contributed by atoms with Gasteiger partial charge in [-0.25, -0.2) is 4.39 Å². The lowest BCUT2D eigenvalue weighted by molar-refractivity contribution is 0.297. The van der Waals surface area contributed by atoms with E-state index in [1.165, 1.54) is 18.9 Å². The topological polar surface area (TPSA) is 77.0 Å². The van der Waals surface area contributed by atoms with Gasteiger partial charge in [-0.05, 0) is 79.9 Å². The van der Waals surface area contributed by atoms with E-state index in [0.717, 1.165) is 35.0 Å². The fourth-order valence-corrected chi connectivity index (χ4v) is 6.98. The second-order valence-corrected chi connectivity index (χ2v) is 12.3. The Hall–Kier alpha value is -5.02. The molecule has 0 radical (unpaired) electrons. The first-order chi connectivity index (χ1) is 22.9. The molecule has 3 heterocycles. The molecule has 4 aromatic carbocycles. The normalized spacial score (nSPS) is 15.4. The smallest absolute Gasteiger partial charge is 0.198 e. The Morgan fingerprint density at radius 2 is 1.87 bits per heavy atom. The number of ether oxygens (including phenoxy) is 3. The van der Waals surface area contributed by atoms with Gasteiger partial charge in [0, 0.05) is 31.0 Å². The third-order valence-electron chi connectivity index (χ3n) is 9.49. The van der Waals surface area contributed by atoms with Crippen molar-refractivity contribution in [2.75, 3.05) is 46.2 Å². The number of nitrogens with zero attached hydrogens (tertiary/aromatic N) is 2. The number of hydrogen-bond donors (Lipinski definition) is 2. The molecule has 1 atom stereocenters. The van der Waals surface area contributed by atoms with E-state index in [1.54, 1.807) is 14.2 Å². The number of methoxy groups -OCH3 is 2. The van der Waals surface area contributed by atoms with Gasteiger partial charge in [-0.1, -0.05) is 43.0 Å². The van der Waals surface area contributed by atoms with Crippen molar-refractivity contribution in [2.24, 2.45) is 0 Å². The molecule has 1 fully saturated rings. The first-order valence-corrected chi connectivity index (χ1v) is 16.1. The first kappa shape index (κ1) is 30.6. The molecule has 47 heavy (non-hydrogen) atoms. The number of aromatic nitrogens is 1. The molecule has 242 valence electrons. The van der Waals surface area contributed by atoms with Gasteiger partial charge < -0.3 is 34.3 Å². The van der Waals surface area contributed by atoms with Crippen molar-refractivity contribution in [3.8, 4) is 28.7 Å². The van der Waals surface area contributed by atoms with Gasteiger partial charge in [-0.3, -0.25) is 4.79 Å². The van der Waals surface area contributed by atoms with Crippen LogP contribution >= 0.6 is 0 Å². The zero-order valence-electron chi connectivity index (χ0n) is 27.0. The van der Waals surface area contributed by atoms with E-state index in [9.17, 15) is 4.79 Å². The minimum atomic E-state index is -0.571. The van der Waals surface area contributed by atoms with Crippen molar-refractivity contribution >= 4 is 33.1 Å². The predicted octanol–water partition coefficient (Wildman–Crippen LogP) is 7.11. The highest BCUT2D eigenvalue weighted by Gasteiger charge is 2.28. The van der Waals surface area contributed by atoms with Crippen molar-refractivity contribution in [1.29, 1.82) is 0 Å². The molecule has 0 spiro atoms. The van der Waals surface area contributed by atoms with Gasteiger partial charge >= 0.3 is 0 Å². The minimum absolute atomic E-state index is 0.191. The standard InChI is InChI=1S/C38H39FN4O4/c1-23(40-17-15-27-12-8-18-42(27)2)29-22-43-31-19-25-9-5-6-10-26(25)20-33(31)47-38-34(30(39)21-28(35(38)43)36(29)44)41-16-14-24-11-7-13-32(45-3)37(24)46-4/h5-7,9-11,13,19-22,27,40-41H,1,8,12,14-18H2,2-4H3. The number of benzene rings is 4. The highest BCUT2D eigenvalue weighted by Crippen LogP contribution is 2.46. The van der Waals surface area contributed by atoms with Crippen LogP contribution in [0.4, 0.5) is 10.1 Å². The number of anilines is 1. The van der Waals surface area contributed by atoms with Gasteiger partial charge in [0.2, 0.25) is 0 Å². The quantitative estimate of drug-likeness (QED) is 0.157. The zero-order chi connectivity index (χ0) is 32.7. The average molecular weight is 635 g/mol. The lowest BCUT2D eigenvalue weighted by Crippen LogP contribution is -2.29. The molecule has 0 aliphatic carbocycles. The lowest BCUT2D eigenvalue weighted by atomic mass is 10.0. The molecule has 1 saturated heterocycles. The summed E-state index contributed by atoms with van der Waals surface area (Å²) in [6.07, 6.45) is 5.67. The van der Waals surface area contributed by atoms with Crippen LogP contribution in [0.5, 0.6) is 23.0 Å². The van der Waals surface area contributed by atoms with E-state index in [2.05, 4.69) is 29.2 Å². The molecular weight excluding hydrogens is 595 g/mol. The minimum Gasteiger partial charge on any atom is -0.493 e. The van der Waals surface area contributed by atoms with Gasteiger partial charge in [0.25, 0.3) is 0 Å². The SMILES string of the molecule is C=C(NCCC1CCCN1C)c1cn2c3c(c(NCCc4cccc(OC)c4OC)c(F)cc3c1=O)Oc1cc3ccccc3cc1-2. The summed E-state index contributed by atoms with van der Waals surface area (Å²) in [6, 6.07) is 19.5. The summed E-state index contributed by atoms with van der Waals surface area (Å²) in [6.45, 7) is 6.42. The number of hydrogen-bond acceptors (Lipinski definition) is 7. The maximum Gasteiger partial charge on any atom is 0.198 e.